The van der Waals surface area contributed by atoms with E-state index in [0.717, 1.165) is 30.8 Å². The number of hydrogen-bond acceptors (Lipinski definition) is 5. The molecule has 5 nitrogen and oxygen atoms in total. The van der Waals surface area contributed by atoms with Crippen LogP contribution in [0.15, 0.2) is 6.20 Å². The maximum atomic E-state index is 11.9. The first-order chi connectivity index (χ1) is 9.72. The Morgan fingerprint density at radius 3 is 2.90 bits per heavy atom. The van der Waals surface area contributed by atoms with E-state index in [4.69, 9.17) is 9.47 Å². The third-order valence-corrected chi connectivity index (χ3v) is 4.15. The molecule has 108 valence electrons. The van der Waals surface area contributed by atoms with Crippen LogP contribution in [-0.2, 0) is 15.9 Å². The van der Waals surface area contributed by atoms with Crippen molar-refractivity contribution in [3.05, 3.63) is 23.3 Å². The number of fused-ring (bicyclic) bond motifs is 2. The molecule has 0 aliphatic carbocycles. The van der Waals surface area contributed by atoms with Crippen molar-refractivity contribution in [2.24, 2.45) is 0 Å². The van der Waals surface area contributed by atoms with Gasteiger partial charge in [-0.25, -0.2) is 14.8 Å². The molecule has 0 aromatic carbocycles. The van der Waals surface area contributed by atoms with Gasteiger partial charge in [-0.15, -0.1) is 0 Å². The first-order valence-corrected chi connectivity index (χ1v) is 7.41. The Morgan fingerprint density at radius 1 is 1.45 bits per heavy atom. The largest absolute Gasteiger partial charge is 0.462 e. The molecule has 2 saturated heterocycles. The summed E-state index contributed by atoms with van der Waals surface area (Å²) in [4.78, 5) is 20.9. The fourth-order valence-corrected chi connectivity index (χ4v) is 3.17. The fraction of sp³-hybridized carbons (Fsp3) is 0.667. The molecule has 0 radical (unpaired) electrons. The maximum absolute atomic E-state index is 11.9. The van der Waals surface area contributed by atoms with Crippen LogP contribution in [0.3, 0.4) is 0 Å². The van der Waals surface area contributed by atoms with Gasteiger partial charge < -0.3 is 9.47 Å². The number of rotatable bonds is 4. The average molecular weight is 276 g/mol. The lowest BCUT2D eigenvalue weighted by atomic mass is 9.88. The Morgan fingerprint density at radius 2 is 2.30 bits per heavy atom. The third-order valence-electron chi connectivity index (χ3n) is 4.15. The lowest BCUT2D eigenvalue weighted by Crippen LogP contribution is -2.19. The Kier molecular flexibility index (Phi) is 3.70. The van der Waals surface area contributed by atoms with Crippen molar-refractivity contribution in [3.8, 4) is 0 Å². The molecule has 0 spiro atoms. The molecular weight excluding hydrogens is 256 g/mol. The molecule has 2 aliphatic rings. The molecule has 0 saturated carbocycles. The summed E-state index contributed by atoms with van der Waals surface area (Å²) in [6.45, 7) is 4.15. The molecular formula is C15H20N2O3. The summed E-state index contributed by atoms with van der Waals surface area (Å²) in [7, 11) is 0. The Balaban J connectivity index is 1.85. The third kappa shape index (κ3) is 2.30. The normalized spacial score (nSPS) is 27.8. The van der Waals surface area contributed by atoms with E-state index in [1.165, 1.54) is 0 Å². The van der Waals surface area contributed by atoms with Crippen LogP contribution in [0.25, 0.3) is 0 Å². The first kappa shape index (κ1) is 13.5. The molecule has 1 aromatic heterocycles. The zero-order valence-corrected chi connectivity index (χ0v) is 12.0. The second kappa shape index (κ2) is 5.48. The van der Waals surface area contributed by atoms with Crippen molar-refractivity contribution in [1.82, 2.24) is 9.97 Å². The van der Waals surface area contributed by atoms with Crippen molar-refractivity contribution >= 4 is 5.97 Å². The van der Waals surface area contributed by atoms with Crippen LogP contribution in [0.2, 0.25) is 0 Å². The van der Waals surface area contributed by atoms with Crippen molar-refractivity contribution in [3.63, 3.8) is 0 Å². The van der Waals surface area contributed by atoms with Crippen LogP contribution in [0, 0.1) is 0 Å². The van der Waals surface area contributed by atoms with Gasteiger partial charge in [0.05, 0.1) is 30.1 Å². The highest BCUT2D eigenvalue weighted by Gasteiger charge is 2.43. The standard InChI is InChI=1S/C15H20N2O3/c1-3-12-11(15(18)19-4-2)8-16-14(17-12)10-7-9-5-6-13(10)20-9/h8-10,13H,3-7H2,1-2H3. The highest BCUT2D eigenvalue weighted by Crippen LogP contribution is 2.43. The second-order valence-corrected chi connectivity index (χ2v) is 5.38. The van der Waals surface area contributed by atoms with E-state index in [-0.39, 0.29) is 18.0 Å². The van der Waals surface area contributed by atoms with Crippen LogP contribution >= 0.6 is 0 Å². The van der Waals surface area contributed by atoms with Crippen molar-refractivity contribution in [2.75, 3.05) is 6.61 Å². The minimum Gasteiger partial charge on any atom is -0.462 e. The van der Waals surface area contributed by atoms with E-state index in [0.29, 0.717) is 24.7 Å². The fourth-order valence-electron chi connectivity index (χ4n) is 3.17. The highest BCUT2D eigenvalue weighted by molar-refractivity contribution is 5.90. The van der Waals surface area contributed by atoms with Gasteiger partial charge in [0.2, 0.25) is 0 Å². The van der Waals surface area contributed by atoms with E-state index in [9.17, 15) is 4.79 Å². The summed E-state index contributed by atoms with van der Waals surface area (Å²) in [6.07, 6.45) is 6.22. The van der Waals surface area contributed by atoms with Crippen LogP contribution in [0.1, 0.15) is 60.9 Å². The van der Waals surface area contributed by atoms with Gasteiger partial charge in [-0.05, 0) is 32.6 Å². The molecule has 3 heterocycles. The minimum absolute atomic E-state index is 0.262. The maximum Gasteiger partial charge on any atom is 0.341 e. The van der Waals surface area contributed by atoms with Gasteiger partial charge in [0.1, 0.15) is 5.82 Å². The Hall–Kier alpha value is -1.49. The molecule has 0 amide bonds. The molecule has 3 unspecified atom stereocenters. The zero-order valence-electron chi connectivity index (χ0n) is 12.0. The average Bonchev–Trinajstić information content (AvgIpc) is 3.09. The molecule has 3 atom stereocenters. The van der Waals surface area contributed by atoms with Crippen molar-refractivity contribution in [2.45, 2.75) is 57.7 Å². The van der Waals surface area contributed by atoms with Gasteiger partial charge in [0, 0.05) is 12.1 Å². The molecule has 2 bridgehead atoms. The van der Waals surface area contributed by atoms with E-state index < -0.39 is 0 Å². The minimum atomic E-state index is -0.333. The molecule has 5 heteroatoms. The number of aromatic nitrogens is 2. The molecule has 2 fully saturated rings. The van der Waals surface area contributed by atoms with Crippen LogP contribution in [-0.4, -0.2) is 34.8 Å². The first-order valence-electron chi connectivity index (χ1n) is 7.41. The Labute approximate surface area is 118 Å². The van der Waals surface area contributed by atoms with E-state index in [1.54, 1.807) is 13.1 Å². The van der Waals surface area contributed by atoms with E-state index >= 15 is 0 Å². The predicted molar refractivity (Wildman–Crippen MR) is 72.6 cm³/mol. The molecule has 20 heavy (non-hydrogen) atoms. The lowest BCUT2D eigenvalue weighted by Gasteiger charge is -2.18. The number of ether oxygens (including phenoxy) is 2. The number of carbonyl (C=O) groups excluding carboxylic acids is 1. The topological polar surface area (TPSA) is 61.3 Å². The zero-order chi connectivity index (χ0) is 14.1. The summed E-state index contributed by atoms with van der Waals surface area (Å²) in [5, 5.41) is 0. The summed E-state index contributed by atoms with van der Waals surface area (Å²) in [5.41, 5.74) is 1.26. The highest BCUT2D eigenvalue weighted by atomic mass is 16.5. The van der Waals surface area contributed by atoms with Crippen LogP contribution in [0.4, 0.5) is 0 Å². The quantitative estimate of drug-likeness (QED) is 0.789. The van der Waals surface area contributed by atoms with Crippen molar-refractivity contribution < 1.29 is 14.3 Å². The molecule has 3 rings (SSSR count). The SMILES string of the molecule is CCOC(=O)c1cnc(C2CC3CCC2O3)nc1CC. The summed E-state index contributed by atoms with van der Waals surface area (Å²) >= 11 is 0. The number of nitrogens with zero attached hydrogens (tertiary/aromatic N) is 2. The molecule has 0 N–H and O–H groups in total. The smallest absolute Gasteiger partial charge is 0.341 e. The van der Waals surface area contributed by atoms with E-state index in [1.807, 2.05) is 6.92 Å². The number of carbonyl (C=O) groups is 1. The monoisotopic (exact) mass is 276 g/mol. The van der Waals surface area contributed by atoms with Gasteiger partial charge >= 0.3 is 5.97 Å². The lowest BCUT2D eigenvalue weighted by molar-refractivity contribution is 0.0524. The van der Waals surface area contributed by atoms with Crippen LogP contribution in [0.5, 0.6) is 0 Å². The summed E-state index contributed by atoms with van der Waals surface area (Å²) < 4.78 is 10.9. The molecule has 1 aromatic rings. The van der Waals surface area contributed by atoms with Gasteiger partial charge in [0.15, 0.2) is 0 Å². The van der Waals surface area contributed by atoms with E-state index in [2.05, 4.69) is 9.97 Å². The predicted octanol–water partition coefficient (Wildman–Crippen LogP) is 2.25. The van der Waals surface area contributed by atoms with Gasteiger partial charge in [0.25, 0.3) is 0 Å². The second-order valence-electron chi connectivity index (χ2n) is 5.38. The summed E-state index contributed by atoms with van der Waals surface area (Å²) in [5.74, 6) is 0.775. The number of esters is 1. The van der Waals surface area contributed by atoms with Gasteiger partial charge in [-0.2, -0.15) is 0 Å². The van der Waals surface area contributed by atoms with Crippen molar-refractivity contribution in [1.29, 1.82) is 0 Å². The molecule has 2 aliphatic heterocycles. The van der Waals surface area contributed by atoms with Gasteiger partial charge in [-0.3, -0.25) is 0 Å². The van der Waals surface area contributed by atoms with Crippen LogP contribution < -0.4 is 0 Å². The van der Waals surface area contributed by atoms with Gasteiger partial charge in [-0.1, -0.05) is 6.92 Å². The Bertz CT molecular complexity index is 518. The number of hydrogen-bond donors (Lipinski definition) is 0. The number of aryl methyl sites for hydroxylation is 1. The summed E-state index contributed by atoms with van der Waals surface area (Å²) in [6, 6.07) is 0.